The Balaban J connectivity index is 1.36. The third-order valence-electron chi connectivity index (χ3n) is 4.93. The van der Waals surface area contributed by atoms with Gasteiger partial charge in [-0.25, -0.2) is 13.1 Å². The van der Waals surface area contributed by atoms with Crippen molar-refractivity contribution in [1.82, 2.24) is 4.72 Å². The first-order chi connectivity index (χ1) is 14.0. The molecule has 7 heteroatoms. The largest absolute Gasteiger partial charge is 0.492 e. The second-order valence-corrected chi connectivity index (χ2v) is 8.63. The molecule has 0 atom stereocenters. The molecule has 3 aromatic carbocycles. The van der Waals surface area contributed by atoms with Crippen LogP contribution in [0.15, 0.2) is 71.6 Å². The lowest BCUT2D eigenvalue weighted by atomic mass is 10.1. The summed E-state index contributed by atoms with van der Waals surface area (Å²) >= 11 is 0. The van der Waals surface area contributed by atoms with Gasteiger partial charge in [0.1, 0.15) is 12.4 Å². The first-order valence-electron chi connectivity index (χ1n) is 9.55. The van der Waals surface area contributed by atoms with Crippen LogP contribution in [0.25, 0.3) is 10.8 Å². The Bertz CT molecular complexity index is 1120. The van der Waals surface area contributed by atoms with E-state index in [1.54, 1.807) is 17.0 Å². The molecule has 1 N–H and O–H groups in total. The van der Waals surface area contributed by atoms with Crippen molar-refractivity contribution in [1.29, 1.82) is 0 Å². The summed E-state index contributed by atoms with van der Waals surface area (Å²) in [5.74, 6) is 0.797. The number of benzene rings is 3. The monoisotopic (exact) mass is 410 g/mol. The van der Waals surface area contributed by atoms with Gasteiger partial charge in [-0.2, -0.15) is 0 Å². The van der Waals surface area contributed by atoms with E-state index in [1.165, 1.54) is 12.1 Å². The van der Waals surface area contributed by atoms with Crippen LogP contribution in [-0.4, -0.2) is 34.0 Å². The van der Waals surface area contributed by atoms with Gasteiger partial charge in [0.25, 0.3) is 0 Å². The van der Waals surface area contributed by atoms with Crippen LogP contribution < -0.4 is 14.4 Å². The maximum absolute atomic E-state index is 12.5. The van der Waals surface area contributed by atoms with Crippen molar-refractivity contribution in [3.05, 3.63) is 66.7 Å². The average molecular weight is 410 g/mol. The summed E-state index contributed by atoms with van der Waals surface area (Å²) in [6.07, 6.45) is 1.37. The molecular weight excluding hydrogens is 388 g/mol. The van der Waals surface area contributed by atoms with Crippen molar-refractivity contribution in [3.63, 3.8) is 0 Å². The van der Waals surface area contributed by atoms with Gasteiger partial charge in [0.05, 0.1) is 4.90 Å². The fourth-order valence-corrected chi connectivity index (χ4v) is 4.48. The first-order valence-corrected chi connectivity index (χ1v) is 11.0. The van der Waals surface area contributed by atoms with E-state index in [4.69, 9.17) is 4.74 Å². The summed E-state index contributed by atoms with van der Waals surface area (Å²) in [6.45, 7) is 1.04. The van der Waals surface area contributed by atoms with Crippen molar-refractivity contribution >= 4 is 32.4 Å². The van der Waals surface area contributed by atoms with Crippen LogP contribution >= 0.6 is 0 Å². The van der Waals surface area contributed by atoms with E-state index in [1.807, 2.05) is 42.5 Å². The van der Waals surface area contributed by atoms with Gasteiger partial charge in [0, 0.05) is 30.6 Å². The van der Waals surface area contributed by atoms with Crippen molar-refractivity contribution in [3.8, 4) is 5.75 Å². The Morgan fingerprint density at radius 1 is 0.966 bits per heavy atom. The summed E-state index contributed by atoms with van der Waals surface area (Å²) in [5, 5.41) is 2.06. The quantitative estimate of drug-likeness (QED) is 0.606. The smallest absolute Gasteiger partial charge is 0.240 e. The van der Waals surface area contributed by atoms with E-state index in [-0.39, 0.29) is 24.0 Å². The fourth-order valence-electron chi connectivity index (χ4n) is 3.47. The summed E-state index contributed by atoms with van der Waals surface area (Å²) < 4.78 is 33.3. The minimum absolute atomic E-state index is 0.0734. The second-order valence-electron chi connectivity index (χ2n) is 6.87. The van der Waals surface area contributed by atoms with Gasteiger partial charge < -0.3 is 9.64 Å². The molecule has 29 heavy (non-hydrogen) atoms. The Hall–Kier alpha value is -2.90. The number of hydrogen-bond donors (Lipinski definition) is 1. The van der Waals surface area contributed by atoms with E-state index in [0.717, 1.165) is 28.6 Å². The van der Waals surface area contributed by atoms with Crippen molar-refractivity contribution in [2.75, 3.05) is 24.6 Å². The lowest BCUT2D eigenvalue weighted by Gasteiger charge is -2.16. The van der Waals surface area contributed by atoms with Gasteiger partial charge >= 0.3 is 0 Å². The molecule has 4 rings (SSSR count). The van der Waals surface area contributed by atoms with Crippen LogP contribution in [0, 0.1) is 0 Å². The number of anilines is 1. The summed E-state index contributed by atoms with van der Waals surface area (Å²) in [7, 11) is -3.64. The zero-order chi connectivity index (χ0) is 20.3. The molecule has 1 amide bonds. The molecule has 1 aliphatic heterocycles. The molecule has 0 saturated carbocycles. The number of rotatable bonds is 7. The highest BCUT2D eigenvalue weighted by Gasteiger charge is 2.22. The molecule has 150 valence electrons. The summed E-state index contributed by atoms with van der Waals surface area (Å²) in [6, 6.07) is 20.1. The van der Waals surface area contributed by atoms with Crippen LogP contribution in [-0.2, 0) is 14.8 Å². The molecule has 0 bridgehead atoms. The van der Waals surface area contributed by atoms with Crippen LogP contribution in [0.3, 0.4) is 0 Å². The average Bonchev–Trinajstić information content (AvgIpc) is 3.17. The Morgan fingerprint density at radius 2 is 1.72 bits per heavy atom. The number of carbonyl (C=O) groups excluding carboxylic acids is 1. The van der Waals surface area contributed by atoms with Crippen molar-refractivity contribution < 1.29 is 17.9 Å². The van der Waals surface area contributed by atoms with E-state index < -0.39 is 10.0 Å². The van der Waals surface area contributed by atoms with E-state index in [2.05, 4.69) is 4.72 Å². The maximum Gasteiger partial charge on any atom is 0.240 e. The second kappa shape index (κ2) is 8.23. The van der Waals surface area contributed by atoms with Crippen LogP contribution in [0.1, 0.15) is 12.8 Å². The molecule has 0 aliphatic carbocycles. The summed E-state index contributed by atoms with van der Waals surface area (Å²) in [4.78, 5) is 13.7. The number of nitrogens with one attached hydrogen (secondary N) is 1. The molecule has 1 heterocycles. The minimum Gasteiger partial charge on any atom is -0.492 e. The van der Waals surface area contributed by atoms with Gasteiger partial charge in [-0.3, -0.25) is 4.79 Å². The number of hydrogen-bond acceptors (Lipinski definition) is 4. The van der Waals surface area contributed by atoms with Gasteiger partial charge in [0.2, 0.25) is 15.9 Å². The Kier molecular flexibility index (Phi) is 5.51. The highest BCUT2D eigenvalue weighted by molar-refractivity contribution is 7.89. The highest BCUT2D eigenvalue weighted by atomic mass is 32.2. The Morgan fingerprint density at radius 3 is 2.48 bits per heavy atom. The summed E-state index contributed by atoms with van der Waals surface area (Å²) in [5.41, 5.74) is 0.728. The van der Waals surface area contributed by atoms with Crippen LogP contribution in [0.4, 0.5) is 5.69 Å². The normalized spacial score (nSPS) is 14.5. The molecule has 0 radical (unpaired) electrons. The number of amides is 1. The van der Waals surface area contributed by atoms with Gasteiger partial charge in [0.15, 0.2) is 0 Å². The van der Waals surface area contributed by atoms with E-state index in [0.29, 0.717) is 13.0 Å². The lowest BCUT2D eigenvalue weighted by molar-refractivity contribution is -0.117. The van der Waals surface area contributed by atoms with Gasteiger partial charge in [-0.05, 0) is 42.1 Å². The number of carbonyl (C=O) groups is 1. The third kappa shape index (κ3) is 4.26. The lowest BCUT2D eigenvalue weighted by Crippen LogP contribution is -2.28. The highest BCUT2D eigenvalue weighted by Crippen LogP contribution is 2.25. The van der Waals surface area contributed by atoms with Crippen LogP contribution in [0.5, 0.6) is 5.75 Å². The standard InChI is InChI=1S/C22H22N2O4S/c25-22-9-4-15-24(22)18-10-12-19(13-11-18)29(26,27)23-14-16-28-21-8-3-6-17-5-1-2-7-20(17)21/h1-3,5-8,10-13,23H,4,9,14-16H2. The molecular formula is C22H22N2O4S. The molecule has 6 nitrogen and oxygen atoms in total. The first kappa shape index (κ1) is 19.4. The number of ether oxygens (including phenoxy) is 1. The molecule has 0 aromatic heterocycles. The fraction of sp³-hybridized carbons (Fsp3) is 0.227. The molecule has 0 unspecified atom stereocenters. The van der Waals surface area contributed by atoms with Crippen molar-refractivity contribution in [2.24, 2.45) is 0 Å². The van der Waals surface area contributed by atoms with E-state index >= 15 is 0 Å². The molecule has 3 aromatic rings. The number of fused-ring (bicyclic) bond motifs is 1. The van der Waals surface area contributed by atoms with Gasteiger partial charge in [-0.1, -0.05) is 36.4 Å². The molecule has 1 saturated heterocycles. The number of nitrogens with zero attached hydrogens (tertiary/aromatic N) is 1. The molecule has 0 spiro atoms. The Labute approximate surface area is 170 Å². The predicted octanol–water partition coefficient (Wildman–Crippen LogP) is 3.32. The third-order valence-corrected chi connectivity index (χ3v) is 6.41. The molecule has 1 aliphatic rings. The maximum atomic E-state index is 12.5. The minimum atomic E-state index is -3.64. The van der Waals surface area contributed by atoms with E-state index in [9.17, 15) is 13.2 Å². The van der Waals surface area contributed by atoms with Crippen LogP contribution in [0.2, 0.25) is 0 Å². The zero-order valence-electron chi connectivity index (χ0n) is 15.9. The van der Waals surface area contributed by atoms with Crippen molar-refractivity contribution in [2.45, 2.75) is 17.7 Å². The zero-order valence-corrected chi connectivity index (χ0v) is 16.7. The van der Waals surface area contributed by atoms with Gasteiger partial charge in [-0.15, -0.1) is 0 Å². The predicted molar refractivity (Wildman–Crippen MR) is 113 cm³/mol. The molecule has 1 fully saturated rings. The number of sulfonamides is 1. The SMILES string of the molecule is O=C1CCCN1c1ccc(S(=O)(=O)NCCOc2cccc3ccccc23)cc1. The topological polar surface area (TPSA) is 75.7 Å².